The molecule has 0 aromatic rings. The van der Waals surface area contributed by atoms with Gasteiger partial charge in [0.05, 0.1) is 26.4 Å². The highest BCUT2D eigenvalue weighted by atomic mass is 16.5. The third kappa shape index (κ3) is 24.5. The minimum Gasteiger partial charge on any atom is -0.394 e. The first kappa shape index (κ1) is 15.1. The zero-order valence-electron chi connectivity index (χ0n) is 8.54. The Morgan fingerprint density at radius 2 is 1.77 bits per heavy atom. The van der Waals surface area contributed by atoms with Gasteiger partial charge in [0.2, 0.25) is 0 Å². The lowest BCUT2D eigenvalue weighted by atomic mass is 10.3. The smallest absolute Gasteiger partial charge is 0.0698 e. The zero-order chi connectivity index (χ0) is 10.4. The lowest BCUT2D eigenvalue weighted by Gasteiger charge is -1.94. The van der Waals surface area contributed by atoms with Crippen LogP contribution >= 0.6 is 0 Å². The molecule has 0 saturated heterocycles. The van der Waals surface area contributed by atoms with Crippen LogP contribution in [0.2, 0.25) is 0 Å². The number of ether oxygens (including phenoxy) is 1. The number of hydrogen-bond acceptors (Lipinski definition) is 3. The second-order valence-electron chi connectivity index (χ2n) is 2.49. The largest absolute Gasteiger partial charge is 0.394 e. The first-order chi connectivity index (χ1) is 6.33. The number of unbranched alkanes of at least 4 members (excludes halogenated alkanes) is 2. The van der Waals surface area contributed by atoms with Crippen LogP contribution in [-0.2, 0) is 4.74 Å². The van der Waals surface area contributed by atoms with Crippen molar-refractivity contribution in [2.24, 2.45) is 0 Å². The van der Waals surface area contributed by atoms with E-state index in [9.17, 15) is 0 Å². The Labute approximate surface area is 81.0 Å². The quantitative estimate of drug-likeness (QED) is 0.470. The van der Waals surface area contributed by atoms with E-state index in [-0.39, 0.29) is 13.2 Å². The first-order valence-corrected chi connectivity index (χ1v) is 4.73. The van der Waals surface area contributed by atoms with E-state index in [0.717, 1.165) is 0 Å². The highest BCUT2D eigenvalue weighted by Gasteiger charge is 1.79. The average molecular weight is 190 g/mol. The Kier molecular flexibility index (Phi) is 20.5. The topological polar surface area (TPSA) is 49.7 Å². The number of aliphatic hydroxyl groups excluding tert-OH is 2. The predicted octanol–water partition coefficient (Wildman–Crippen LogP) is 1.35. The Bertz CT molecular complexity index is 80.2. The molecule has 3 nitrogen and oxygen atoms in total. The normalized spacial score (nSPS) is 8.85. The minimum atomic E-state index is 0.0278. The second-order valence-corrected chi connectivity index (χ2v) is 2.49. The molecule has 0 aliphatic rings. The van der Waals surface area contributed by atoms with Crippen molar-refractivity contribution < 1.29 is 14.9 Å². The summed E-state index contributed by atoms with van der Waals surface area (Å²) in [7, 11) is 0. The number of hydrogen-bond donors (Lipinski definition) is 2. The summed E-state index contributed by atoms with van der Waals surface area (Å²) in [5.41, 5.74) is 0. The van der Waals surface area contributed by atoms with E-state index >= 15 is 0 Å². The van der Waals surface area contributed by atoms with Crippen LogP contribution < -0.4 is 0 Å². The van der Waals surface area contributed by atoms with Gasteiger partial charge in [-0.1, -0.05) is 25.8 Å². The third-order valence-corrected chi connectivity index (χ3v) is 1.23. The van der Waals surface area contributed by atoms with Gasteiger partial charge in [0.1, 0.15) is 0 Å². The van der Waals surface area contributed by atoms with E-state index in [1.807, 2.05) is 6.08 Å². The van der Waals surface area contributed by atoms with Crippen LogP contribution in [0, 0.1) is 0 Å². The highest BCUT2D eigenvalue weighted by Crippen LogP contribution is 1.91. The summed E-state index contributed by atoms with van der Waals surface area (Å²) in [4.78, 5) is 0. The van der Waals surface area contributed by atoms with Crippen molar-refractivity contribution in [3.8, 4) is 0 Å². The Morgan fingerprint density at radius 3 is 2.00 bits per heavy atom. The molecule has 0 aromatic carbocycles. The summed E-state index contributed by atoms with van der Waals surface area (Å²) >= 11 is 0. The summed E-state index contributed by atoms with van der Waals surface area (Å²) in [6, 6.07) is 0. The molecular weight excluding hydrogens is 168 g/mol. The fourth-order valence-electron chi connectivity index (χ4n) is 0.580. The van der Waals surface area contributed by atoms with Crippen molar-refractivity contribution >= 4 is 0 Å². The molecule has 0 rings (SSSR count). The molecule has 0 aliphatic carbocycles. The van der Waals surface area contributed by atoms with Gasteiger partial charge in [-0.15, -0.1) is 6.58 Å². The van der Waals surface area contributed by atoms with Crippen molar-refractivity contribution in [3.05, 3.63) is 12.7 Å². The van der Waals surface area contributed by atoms with E-state index in [2.05, 4.69) is 18.2 Å². The van der Waals surface area contributed by atoms with Gasteiger partial charge in [-0.3, -0.25) is 0 Å². The van der Waals surface area contributed by atoms with Crippen LogP contribution in [0.4, 0.5) is 0 Å². The third-order valence-electron chi connectivity index (χ3n) is 1.23. The van der Waals surface area contributed by atoms with Crippen molar-refractivity contribution in [3.63, 3.8) is 0 Å². The molecule has 0 saturated carbocycles. The van der Waals surface area contributed by atoms with Gasteiger partial charge >= 0.3 is 0 Å². The van der Waals surface area contributed by atoms with Crippen molar-refractivity contribution in [1.29, 1.82) is 0 Å². The maximum absolute atomic E-state index is 8.09. The molecule has 0 amide bonds. The van der Waals surface area contributed by atoms with E-state index in [0.29, 0.717) is 13.2 Å². The van der Waals surface area contributed by atoms with Crippen LogP contribution in [0.5, 0.6) is 0 Å². The van der Waals surface area contributed by atoms with Gasteiger partial charge < -0.3 is 14.9 Å². The Morgan fingerprint density at radius 1 is 1.23 bits per heavy atom. The summed E-state index contributed by atoms with van der Waals surface area (Å²) in [6.45, 7) is 6.48. The molecule has 80 valence electrons. The second kappa shape index (κ2) is 17.6. The van der Waals surface area contributed by atoms with Crippen LogP contribution in [0.1, 0.15) is 26.2 Å². The molecule has 3 heteroatoms. The number of rotatable bonds is 7. The van der Waals surface area contributed by atoms with Gasteiger partial charge in [0, 0.05) is 0 Å². The van der Waals surface area contributed by atoms with Gasteiger partial charge in [-0.05, 0) is 6.42 Å². The summed E-state index contributed by atoms with van der Waals surface area (Å²) < 4.78 is 4.63. The molecule has 0 fully saturated rings. The standard InChI is InChI=1S/C6H12.C4H10O3/c1-3-5-6-4-2;5-1-3-7-4-2-6/h3H,1,4-6H2,2H3;5-6H,1-4H2. The molecule has 0 bridgehead atoms. The molecule has 0 atom stereocenters. The summed E-state index contributed by atoms with van der Waals surface area (Å²) in [6.07, 6.45) is 5.72. The average Bonchev–Trinajstić information content (AvgIpc) is 2.17. The Hall–Kier alpha value is -0.380. The fraction of sp³-hybridized carbons (Fsp3) is 0.800. The lowest BCUT2D eigenvalue weighted by molar-refractivity contribution is 0.0650. The van der Waals surface area contributed by atoms with Crippen LogP contribution in [0.25, 0.3) is 0 Å². The predicted molar refractivity (Wildman–Crippen MR) is 54.7 cm³/mol. The fourth-order valence-corrected chi connectivity index (χ4v) is 0.580. The van der Waals surface area contributed by atoms with Crippen molar-refractivity contribution in [1.82, 2.24) is 0 Å². The minimum absolute atomic E-state index is 0.0278. The molecule has 0 aliphatic heterocycles. The highest BCUT2D eigenvalue weighted by molar-refractivity contribution is 4.64. The van der Waals surface area contributed by atoms with Crippen molar-refractivity contribution in [2.75, 3.05) is 26.4 Å². The van der Waals surface area contributed by atoms with Crippen LogP contribution in [0.3, 0.4) is 0 Å². The van der Waals surface area contributed by atoms with Gasteiger partial charge in [-0.25, -0.2) is 0 Å². The molecule has 2 N–H and O–H groups in total. The number of allylic oxidation sites excluding steroid dienone is 1. The SMILES string of the molecule is C=CCCCC.OCCOCCO. The summed E-state index contributed by atoms with van der Waals surface area (Å²) in [5.74, 6) is 0. The molecular formula is C10H22O3. The van der Waals surface area contributed by atoms with E-state index in [1.165, 1.54) is 19.3 Å². The van der Waals surface area contributed by atoms with Gasteiger partial charge in [0.25, 0.3) is 0 Å². The maximum Gasteiger partial charge on any atom is 0.0698 e. The van der Waals surface area contributed by atoms with Crippen LogP contribution in [-0.4, -0.2) is 36.6 Å². The molecule has 13 heavy (non-hydrogen) atoms. The van der Waals surface area contributed by atoms with Gasteiger partial charge in [0.15, 0.2) is 0 Å². The van der Waals surface area contributed by atoms with E-state index in [1.54, 1.807) is 0 Å². The lowest BCUT2D eigenvalue weighted by Crippen LogP contribution is -2.03. The van der Waals surface area contributed by atoms with Crippen molar-refractivity contribution in [2.45, 2.75) is 26.2 Å². The molecule has 0 heterocycles. The Balaban J connectivity index is 0. The molecule has 0 unspecified atom stereocenters. The molecule has 0 spiro atoms. The molecule has 0 aromatic heterocycles. The van der Waals surface area contributed by atoms with Gasteiger partial charge in [-0.2, -0.15) is 0 Å². The summed E-state index contributed by atoms with van der Waals surface area (Å²) in [5, 5.41) is 16.2. The van der Waals surface area contributed by atoms with E-state index in [4.69, 9.17) is 10.2 Å². The van der Waals surface area contributed by atoms with Crippen LogP contribution in [0.15, 0.2) is 12.7 Å². The monoisotopic (exact) mass is 190 g/mol. The molecule has 0 radical (unpaired) electrons. The maximum atomic E-state index is 8.09. The first-order valence-electron chi connectivity index (χ1n) is 4.73. The van der Waals surface area contributed by atoms with E-state index < -0.39 is 0 Å². The number of aliphatic hydroxyl groups is 2. The zero-order valence-corrected chi connectivity index (χ0v) is 8.54.